The van der Waals surface area contributed by atoms with E-state index in [1.165, 1.54) is 0 Å². The van der Waals surface area contributed by atoms with Gasteiger partial charge in [-0.1, -0.05) is 11.6 Å². The van der Waals surface area contributed by atoms with Crippen molar-refractivity contribution in [3.05, 3.63) is 27.3 Å². The van der Waals surface area contributed by atoms with E-state index < -0.39 is 0 Å². The molecule has 0 radical (unpaired) electrons. The first-order valence-electron chi connectivity index (χ1n) is 7.46. The summed E-state index contributed by atoms with van der Waals surface area (Å²) in [4.78, 5) is 0. The lowest BCUT2D eigenvalue weighted by Crippen LogP contribution is -2.13. The van der Waals surface area contributed by atoms with Crippen LogP contribution in [0.2, 0.25) is 5.02 Å². The van der Waals surface area contributed by atoms with Crippen LogP contribution < -0.4 is 9.47 Å². The lowest BCUT2D eigenvalue weighted by Gasteiger charge is -2.21. The molecular formula is C16H13BrClN3O2. The van der Waals surface area contributed by atoms with Gasteiger partial charge in [0.1, 0.15) is 23.1 Å². The predicted molar refractivity (Wildman–Crippen MR) is 88.9 cm³/mol. The molecule has 0 atom stereocenters. The second-order valence-corrected chi connectivity index (χ2v) is 6.89. The van der Waals surface area contributed by atoms with E-state index in [9.17, 15) is 5.26 Å². The van der Waals surface area contributed by atoms with Gasteiger partial charge >= 0.3 is 0 Å². The van der Waals surface area contributed by atoms with Crippen LogP contribution in [-0.2, 0) is 6.54 Å². The van der Waals surface area contributed by atoms with E-state index in [2.05, 4.69) is 27.1 Å². The van der Waals surface area contributed by atoms with Crippen molar-refractivity contribution < 1.29 is 9.47 Å². The number of aryl methyl sites for hydroxylation is 1. The molecule has 1 fully saturated rings. The Labute approximate surface area is 146 Å². The van der Waals surface area contributed by atoms with Crippen LogP contribution in [0.25, 0.3) is 11.3 Å². The van der Waals surface area contributed by atoms with Gasteiger partial charge in [0.2, 0.25) is 0 Å². The predicted octanol–water partition coefficient (Wildman–Crippen LogP) is 4.16. The highest BCUT2D eigenvalue weighted by Crippen LogP contribution is 2.47. The fourth-order valence-electron chi connectivity index (χ4n) is 2.71. The van der Waals surface area contributed by atoms with Crippen molar-refractivity contribution in [2.24, 2.45) is 0 Å². The number of ether oxygens (including phenoxy) is 2. The molecule has 4 rings (SSSR count). The molecule has 2 aromatic rings. The zero-order chi connectivity index (χ0) is 16.0. The van der Waals surface area contributed by atoms with Gasteiger partial charge in [-0.05, 0) is 28.8 Å². The number of benzene rings is 1. The number of hydrogen-bond acceptors (Lipinski definition) is 4. The van der Waals surface area contributed by atoms with Crippen LogP contribution in [0.1, 0.15) is 24.8 Å². The average Bonchev–Trinajstić information content (AvgIpc) is 3.25. The van der Waals surface area contributed by atoms with Crippen LogP contribution in [0.5, 0.6) is 11.5 Å². The minimum absolute atomic E-state index is 0.180. The summed E-state index contributed by atoms with van der Waals surface area (Å²) >= 11 is 9.96. The van der Waals surface area contributed by atoms with E-state index in [-0.39, 0.29) is 6.10 Å². The molecule has 118 valence electrons. The molecule has 0 amide bonds. The Morgan fingerprint density at radius 3 is 3.04 bits per heavy atom. The van der Waals surface area contributed by atoms with Crippen LogP contribution >= 0.6 is 27.5 Å². The van der Waals surface area contributed by atoms with Gasteiger partial charge < -0.3 is 9.47 Å². The van der Waals surface area contributed by atoms with Crippen molar-refractivity contribution in [2.45, 2.75) is 31.9 Å². The summed E-state index contributed by atoms with van der Waals surface area (Å²) in [6.07, 6.45) is 4.75. The quantitative estimate of drug-likeness (QED) is 0.767. The molecule has 0 unspecified atom stereocenters. The normalized spacial score (nSPS) is 16.4. The molecule has 0 bridgehead atoms. The molecule has 23 heavy (non-hydrogen) atoms. The third kappa shape index (κ3) is 2.58. The SMILES string of the molecule is N#Cc1c(OC2CC2)cc(Cl)c2c1-c1c(Br)cnn1CCCO2. The summed E-state index contributed by atoms with van der Waals surface area (Å²) in [5.41, 5.74) is 1.90. The zero-order valence-corrected chi connectivity index (χ0v) is 14.5. The van der Waals surface area contributed by atoms with Crippen molar-refractivity contribution in [1.29, 1.82) is 5.26 Å². The van der Waals surface area contributed by atoms with E-state index in [1.54, 1.807) is 12.3 Å². The lowest BCUT2D eigenvalue weighted by molar-refractivity contribution is 0.289. The number of rotatable bonds is 2. The van der Waals surface area contributed by atoms with Crippen molar-refractivity contribution in [1.82, 2.24) is 9.78 Å². The van der Waals surface area contributed by atoms with E-state index in [4.69, 9.17) is 21.1 Å². The van der Waals surface area contributed by atoms with Crippen LogP contribution in [0, 0.1) is 11.3 Å². The standard InChI is InChI=1S/C16H13BrClN3O2/c17-11-8-20-21-4-1-5-22-16-12(18)6-13(23-9-2-3-9)10(7-19)14(16)15(11)21/h6,8-9H,1-5H2. The number of hydrogen-bond donors (Lipinski definition) is 0. The van der Waals surface area contributed by atoms with Crippen molar-refractivity contribution in [3.8, 4) is 28.8 Å². The fourth-order valence-corrected chi connectivity index (χ4v) is 3.46. The smallest absolute Gasteiger partial charge is 0.148 e. The fraction of sp³-hybridized carbons (Fsp3) is 0.375. The minimum atomic E-state index is 0.180. The van der Waals surface area contributed by atoms with Gasteiger partial charge in [-0.2, -0.15) is 10.4 Å². The molecule has 1 aliphatic heterocycles. The molecular weight excluding hydrogens is 382 g/mol. The summed E-state index contributed by atoms with van der Waals surface area (Å²) in [5, 5.41) is 14.6. The number of nitriles is 1. The molecule has 1 aromatic carbocycles. The number of aromatic nitrogens is 2. The number of halogens is 2. The summed E-state index contributed by atoms with van der Waals surface area (Å²) in [6, 6.07) is 3.95. The first-order chi connectivity index (χ1) is 11.2. The zero-order valence-electron chi connectivity index (χ0n) is 12.2. The monoisotopic (exact) mass is 393 g/mol. The van der Waals surface area contributed by atoms with Crippen LogP contribution in [0.4, 0.5) is 0 Å². The molecule has 2 heterocycles. The maximum absolute atomic E-state index is 9.74. The van der Waals surface area contributed by atoms with E-state index in [0.717, 1.165) is 36.0 Å². The Bertz CT molecular complexity index is 824. The van der Waals surface area contributed by atoms with Gasteiger partial charge in [0.05, 0.1) is 39.7 Å². The number of fused-ring (bicyclic) bond motifs is 3. The highest BCUT2D eigenvalue weighted by atomic mass is 79.9. The van der Waals surface area contributed by atoms with Crippen molar-refractivity contribution >= 4 is 27.5 Å². The molecule has 5 nitrogen and oxygen atoms in total. The maximum atomic E-state index is 9.74. The Morgan fingerprint density at radius 2 is 2.30 bits per heavy atom. The second-order valence-electron chi connectivity index (χ2n) is 5.63. The van der Waals surface area contributed by atoms with Gasteiger partial charge in [0.25, 0.3) is 0 Å². The average molecular weight is 395 g/mol. The summed E-state index contributed by atoms with van der Waals surface area (Å²) < 4.78 is 14.4. The highest BCUT2D eigenvalue weighted by Gasteiger charge is 2.30. The second kappa shape index (κ2) is 5.73. The first kappa shape index (κ1) is 14.9. The van der Waals surface area contributed by atoms with E-state index >= 15 is 0 Å². The minimum Gasteiger partial charge on any atom is -0.491 e. The molecule has 1 saturated carbocycles. The van der Waals surface area contributed by atoms with E-state index in [0.29, 0.717) is 34.3 Å². The summed E-state index contributed by atoms with van der Waals surface area (Å²) in [7, 11) is 0. The first-order valence-corrected chi connectivity index (χ1v) is 8.64. The Kier molecular flexibility index (Phi) is 3.70. The van der Waals surface area contributed by atoms with Crippen molar-refractivity contribution in [2.75, 3.05) is 6.61 Å². The Balaban J connectivity index is 2.00. The number of nitrogens with zero attached hydrogens (tertiary/aromatic N) is 3. The summed E-state index contributed by atoms with van der Waals surface area (Å²) in [5.74, 6) is 1.04. The molecule has 1 aromatic heterocycles. The van der Waals surface area contributed by atoms with Crippen LogP contribution in [-0.4, -0.2) is 22.5 Å². The van der Waals surface area contributed by atoms with Crippen LogP contribution in [0.15, 0.2) is 16.7 Å². The Morgan fingerprint density at radius 1 is 1.48 bits per heavy atom. The van der Waals surface area contributed by atoms with Crippen LogP contribution in [0.3, 0.4) is 0 Å². The topological polar surface area (TPSA) is 60.1 Å². The van der Waals surface area contributed by atoms with Gasteiger partial charge in [0, 0.05) is 19.0 Å². The third-order valence-corrected chi connectivity index (χ3v) is 4.78. The van der Waals surface area contributed by atoms with Gasteiger partial charge in [-0.25, -0.2) is 0 Å². The third-order valence-electron chi connectivity index (χ3n) is 3.92. The highest BCUT2D eigenvalue weighted by molar-refractivity contribution is 9.10. The maximum Gasteiger partial charge on any atom is 0.148 e. The molecule has 0 N–H and O–H groups in total. The molecule has 1 aliphatic carbocycles. The summed E-state index contributed by atoms with van der Waals surface area (Å²) in [6.45, 7) is 1.24. The Hall–Kier alpha value is -1.71. The van der Waals surface area contributed by atoms with Gasteiger partial charge in [-0.15, -0.1) is 0 Å². The molecule has 0 spiro atoms. The molecule has 7 heteroatoms. The molecule has 2 aliphatic rings. The van der Waals surface area contributed by atoms with Gasteiger partial charge in [0.15, 0.2) is 0 Å². The van der Waals surface area contributed by atoms with Crippen molar-refractivity contribution in [3.63, 3.8) is 0 Å². The molecule has 0 saturated heterocycles. The van der Waals surface area contributed by atoms with E-state index in [1.807, 2.05) is 4.68 Å². The van der Waals surface area contributed by atoms with Gasteiger partial charge in [-0.3, -0.25) is 4.68 Å². The lowest BCUT2D eigenvalue weighted by atomic mass is 10.0. The largest absolute Gasteiger partial charge is 0.491 e.